The van der Waals surface area contributed by atoms with E-state index in [1.54, 1.807) is 23.1 Å². The van der Waals surface area contributed by atoms with Gasteiger partial charge in [0.15, 0.2) is 0 Å². The minimum Gasteiger partial charge on any atom is -0.507 e. The number of nitrogens with zero attached hydrogens (tertiary/aromatic N) is 4. The molecule has 0 radical (unpaired) electrons. The van der Waals surface area contributed by atoms with Crippen LogP contribution in [0.15, 0.2) is 46.9 Å². The third-order valence-corrected chi connectivity index (χ3v) is 11.0. The molecule has 0 bridgehead atoms. The number of anilines is 1. The summed E-state index contributed by atoms with van der Waals surface area (Å²) in [4.78, 5) is 48.3. The molecular weight excluding hydrogens is 654 g/mol. The first-order valence-electron chi connectivity index (χ1n) is 16.5. The minimum absolute atomic E-state index is 0.0183. The molecule has 4 heterocycles. The van der Waals surface area contributed by atoms with Crippen LogP contribution in [0.1, 0.15) is 56.1 Å². The number of phenolic OH excluding ortho intramolecular Hbond substituents is 1. The van der Waals surface area contributed by atoms with E-state index < -0.39 is 11.8 Å². The molecule has 6 rings (SSSR count). The second-order valence-electron chi connectivity index (χ2n) is 13.0. The summed E-state index contributed by atoms with van der Waals surface area (Å²) in [5, 5.41) is 23.0. The zero-order valence-electron chi connectivity index (χ0n) is 26.2. The van der Waals surface area contributed by atoms with Gasteiger partial charge in [-0.15, -0.1) is 0 Å². The van der Waals surface area contributed by atoms with Crippen LogP contribution < -0.4 is 5.32 Å². The molecule has 2 aromatic carbocycles. The first kappa shape index (κ1) is 32.7. The minimum atomic E-state index is -0.945. The number of phenols is 1. The van der Waals surface area contributed by atoms with E-state index in [9.17, 15) is 24.6 Å². The largest absolute Gasteiger partial charge is 0.507 e. The Morgan fingerprint density at radius 2 is 1.74 bits per heavy atom. The van der Waals surface area contributed by atoms with Crippen molar-refractivity contribution in [1.82, 2.24) is 19.6 Å². The van der Waals surface area contributed by atoms with Crippen molar-refractivity contribution in [3.8, 4) is 5.75 Å². The number of fused-ring (bicyclic) bond motifs is 1. The van der Waals surface area contributed by atoms with Crippen LogP contribution in [-0.2, 0) is 22.6 Å². The molecule has 248 valence electrons. The van der Waals surface area contributed by atoms with Crippen molar-refractivity contribution in [1.29, 1.82) is 0 Å². The first-order chi connectivity index (χ1) is 22.3. The molecule has 2 aromatic rings. The number of aliphatic hydroxyl groups excluding tert-OH is 1. The number of piperidine rings is 3. The SMILES string of the molecule is O=CC[C@@]1(N2CCC(N3CCC(O)CC3)CC2)C[C@H](N2CCc3ccccc3NC2=O)CCN1C(=O)OCc1ccc(O)c(Br)c1. The Balaban J connectivity index is 1.23. The lowest BCUT2D eigenvalue weighted by molar-refractivity contribution is -0.128. The predicted octanol–water partition coefficient (Wildman–Crippen LogP) is 4.55. The Labute approximate surface area is 278 Å². The van der Waals surface area contributed by atoms with Crippen LogP contribution >= 0.6 is 15.9 Å². The Morgan fingerprint density at radius 3 is 2.48 bits per heavy atom. The van der Waals surface area contributed by atoms with E-state index in [-0.39, 0.29) is 37.0 Å². The number of halogens is 1. The predicted molar refractivity (Wildman–Crippen MR) is 176 cm³/mol. The summed E-state index contributed by atoms with van der Waals surface area (Å²) in [7, 11) is 0. The summed E-state index contributed by atoms with van der Waals surface area (Å²) in [5.41, 5.74) is 1.69. The molecule has 12 heteroatoms. The zero-order valence-corrected chi connectivity index (χ0v) is 27.7. The molecule has 3 saturated heterocycles. The van der Waals surface area contributed by atoms with Crippen LogP contribution in [0, 0.1) is 0 Å². The number of urea groups is 1. The molecule has 11 nitrogen and oxygen atoms in total. The van der Waals surface area contributed by atoms with E-state index in [2.05, 4.69) is 31.0 Å². The van der Waals surface area contributed by atoms with Gasteiger partial charge < -0.3 is 34.9 Å². The smallest absolute Gasteiger partial charge is 0.411 e. The summed E-state index contributed by atoms with van der Waals surface area (Å²) in [6.45, 7) is 4.08. The van der Waals surface area contributed by atoms with Crippen LogP contribution in [0.2, 0.25) is 0 Å². The molecule has 4 aliphatic rings. The highest BCUT2D eigenvalue weighted by atomic mass is 79.9. The van der Waals surface area contributed by atoms with Gasteiger partial charge in [0.05, 0.1) is 10.6 Å². The van der Waals surface area contributed by atoms with Gasteiger partial charge in [-0.3, -0.25) is 9.80 Å². The average molecular weight is 699 g/mol. The van der Waals surface area contributed by atoms with E-state index in [0.717, 1.165) is 68.3 Å². The van der Waals surface area contributed by atoms with Crippen molar-refractivity contribution in [2.24, 2.45) is 0 Å². The number of carbonyl (C=O) groups is 3. The van der Waals surface area contributed by atoms with Gasteiger partial charge in [0.25, 0.3) is 0 Å². The zero-order chi connectivity index (χ0) is 32.3. The number of ether oxygens (including phenoxy) is 1. The van der Waals surface area contributed by atoms with Gasteiger partial charge in [0.1, 0.15) is 24.3 Å². The Hall–Kier alpha value is -3.19. The number of amides is 3. The molecule has 46 heavy (non-hydrogen) atoms. The van der Waals surface area contributed by atoms with Gasteiger partial charge in [-0.25, -0.2) is 9.59 Å². The summed E-state index contributed by atoms with van der Waals surface area (Å²) < 4.78 is 6.38. The Morgan fingerprint density at radius 1 is 1.00 bits per heavy atom. The second-order valence-corrected chi connectivity index (χ2v) is 13.9. The lowest BCUT2D eigenvalue weighted by Gasteiger charge is -2.57. The molecular formula is C34H44BrN5O6. The number of carbonyl (C=O) groups excluding carboxylic acids is 3. The highest BCUT2D eigenvalue weighted by Crippen LogP contribution is 2.40. The van der Waals surface area contributed by atoms with E-state index >= 15 is 0 Å². The van der Waals surface area contributed by atoms with Crippen molar-refractivity contribution < 1.29 is 29.3 Å². The lowest BCUT2D eigenvalue weighted by Crippen LogP contribution is -2.70. The lowest BCUT2D eigenvalue weighted by atomic mass is 9.84. The topological polar surface area (TPSA) is 126 Å². The van der Waals surface area contributed by atoms with Crippen LogP contribution in [0.4, 0.5) is 15.3 Å². The maximum Gasteiger partial charge on any atom is 0.411 e. The average Bonchev–Trinajstić information content (AvgIpc) is 3.23. The van der Waals surface area contributed by atoms with Crippen LogP contribution in [0.3, 0.4) is 0 Å². The highest BCUT2D eigenvalue weighted by Gasteiger charge is 2.52. The standard InChI is InChI=1S/C34H44BrN5O6/c35-29-21-24(5-6-31(29)43)23-46-33(45)40-19-10-27(39-18-7-25-3-1-2-4-30(25)36-32(39)44)22-34(40,13-20-41)38-16-8-26(9-17-38)37-14-11-28(42)12-15-37/h1-6,20-21,26-28,42-43H,7-19,22-23H2,(H,36,44)/t27-,34+/m1/s1. The van der Waals surface area contributed by atoms with E-state index in [4.69, 9.17) is 4.74 Å². The molecule has 3 N–H and O–H groups in total. The van der Waals surface area contributed by atoms with Gasteiger partial charge in [-0.1, -0.05) is 24.3 Å². The van der Waals surface area contributed by atoms with E-state index in [0.29, 0.717) is 49.5 Å². The summed E-state index contributed by atoms with van der Waals surface area (Å²) in [6.07, 6.45) is 5.38. The van der Waals surface area contributed by atoms with Crippen molar-refractivity contribution in [2.75, 3.05) is 44.6 Å². The maximum absolute atomic E-state index is 13.9. The number of rotatable bonds is 7. The van der Waals surface area contributed by atoms with E-state index in [1.165, 1.54) is 0 Å². The summed E-state index contributed by atoms with van der Waals surface area (Å²) in [6, 6.07) is 12.9. The summed E-state index contributed by atoms with van der Waals surface area (Å²) >= 11 is 3.32. The number of nitrogens with one attached hydrogen (secondary N) is 1. The molecule has 0 aliphatic carbocycles. The highest BCUT2D eigenvalue weighted by molar-refractivity contribution is 9.10. The molecule has 0 aromatic heterocycles. The third-order valence-electron chi connectivity index (χ3n) is 10.4. The van der Waals surface area contributed by atoms with Gasteiger partial charge in [-0.2, -0.15) is 0 Å². The van der Waals surface area contributed by atoms with Crippen LogP contribution in [0.25, 0.3) is 0 Å². The van der Waals surface area contributed by atoms with Crippen LogP contribution in [-0.4, -0.2) is 111 Å². The number of likely N-dealkylation sites (tertiary alicyclic amines) is 3. The fraction of sp³-hybridized carbons (Fsp3) is 0.559. The van der Waals surface area contributed by atoms with E-state index in [1.807, 2.05) is 29.2 Å². The number of aromatic hydroxyl groups is 1. The molecule has 0 unspecified atom stereocenters. The molecule has 3 amide bonds. The number of para-hydroxylation sites is 1. The third kappa shape index (κ3) is 6.90. The van der Waals surface area contributed by atoms with Gasteiger partial charge in [-0.05, 0) is 83.8 Å². The van der Waals surface area contributed by atoms with Gasteiger partial charge in [0.2, 0.25) is 0 Å². The molecule has 3 fully saturated rings. The first-order valence-corrected chi connectivity index (χ1v) is 17.2. The maximum atomic E-state index is 13.9. The Bertz CT molecular complexity index is 1410. The van der Waals surface area contributed by atoms with Crippen molar-refractivity contribution >= 4 is 40.0 Å². The summed E-state index contributed by atoms with van der Waals surface area (Å²) in [5.74, 6) is 0.104. The fourth-order valence-corrected chi connectivity index (χ4v) is 8.28. The normalized spacial score (nSPS) is 25.4. The van der Waals surface area contributed by atoms with Crippen LogP contribution in [0.5, 0.6) is 5.75 Å². The van der Waals surface area contributed by atoms with Gasteiger partial charge in [0, 0.05) is 69.9 Å². The number of hydrogen-bond donors (Lipinski definition) is 3. The number of aliphatic hydroxyl groups is 1. The Kier molecular flexibility index (Phi) is 10.2. The molecule has 0 spiro atoms. The van der Waals surface area contributed by atoms with Crippen molar-refractivity contribution in [2.45, 2.75) is 81.8 Å². The quantitative estimate of drug-likeness (QED) is 0.360. The molecule has 4 aliphatic heterocycles. The number of benzene rings is 2. The number of aldehydes is 1. The number of hydrogen-bond acceptors (Lipinski definition) is 8. The van der Waals surface area contributed by atoms with Crippen molar-refractivity contribution in [3.05, 3.63) is 58.1 Å². The fourth-order valence-electron chi connectivity index (χ4n) is 7.86. The second kappa shape index (κ2) is 14.3. The monoisotopic (exact) mass is 697 g/mol. The molecule has 2 atom stereocenters. The van der Waals surface area contributed by atoms with Crippen molar-refractivity contribution in [3.63, 3.8) is 0 Å². The van der Waals surface area contributed by atoms with Gasteiger partial charge >= 0.3 is 12.1 Å². The molecule has 0 saturated carbocycles.